The van der Waals surface area contributed by atoms with Gasteiger partial charge in [-0.1, -0.05) is 41.0 Å². The van der Waals surface area contributed by atoms with Gasteiger partial charge in [0.15, 0.2) is 5.82 Å². The van der Waals surface area contributed by atoms with Crippen LogP contribution in [0.25, 0.3) is 0 Å². The summed E-state index contributed by atoms with van der Waals surface area (Å²) in [5.74, 6) is 1.83. The van der Waals surface area contributed by atoms with Gasteiger partial charge in [0.05, 0.1) is 6.54 Å². The lowest BCUT2D eigenvalue weighted by Crippen LogP contribution is -2.46. The molecule has 5 nitrogen and oxygen atoms in total. The van der Waals surface area contributed by atoms with Crippen LogP contribution in [0.15, 0.2) is 33.3 Å². The van der Waals surface area contributed by atoms with Crippen LogP contribution in [0.1, 0.15) is 31.5 Å². The summed E-state index contributed by atoms with van der Waals surface area (Å²) in [5, 5.41) is 4.03. The molecule has 1 saturated heterocycles. The van der Waals surface area contributed by atoms with Crippen LogP contribution in [0.2, 0.25) is 0 Å². The Morgan fingerprint density at radius 3 is 2.64 bits per heavy atom. The summed E-state index contributed by atoms with van der Waals surface area (Å²) in [4.78, 5) is 9.23. The van der Waals surface area contributed by atoms with Crippen molar-refractivity contribution in [3.63, 3.8) is 0 Å². The molecule has 0 atom stereocenters. The Bertz CT molecular complexity index is 620. The molecule has 0 spiro atoms. The van der Waals surface area contributed by atoms with Gasteiger partial charge in [-0.2, -0.15) is 4.98 Å². The molecule has 118 valence electrons. The number of piperazine rings is 1. The topological polar surface area (TPSA) is 45.4 Å². The highest BCUT2D eigenvalue weighted by Gasteiger charge is 2.20. The first-order chi connectivity index (χ1) is 10.6. The minimum atomic E-state index is 0.311. The first kappa shape index (κ1) is 15.5. The lowest BCUT2D eigenvalue weighted by Gasteiger charge is -2.35. The van der Waals surface area contributed by atoms with Crippen molar-refractivity contribution >= 4 is 21.6 Å². The zero-order chi connectivity index (χ0) is 15.5. The number of nitrogens with zero attached hydrogens (tertiary/aromatic N) is 4. The van der Waals surface area contributed by atoms with Crippen LogP contribution in [-0.2, 0) is 6.54 Å². The van der Waals surface area contributed by atoms with E-state index in [2.05, 4.69) is 74.0 Å². The third kappa shape index (κ3) is 3.67. The SMILES string of the molecule is CC(C)c1noc(CN2CCN(c3cccc(Br)c3)CC2)n1. The fourth-order valence-electron chi connectivity index (χ4n) is 2.60. The zero-order valence-corrected chi connectivity index (χ0v) is 14.6. The second kappa shape index (κ2) is 6.79. The third-order valence-electron chi connectivity index (χ3n) is 3.90. The molecule has 22 heavy (non-hydrogen) atoms. The summed E-state index contributed by atoms with van der Waals surface area (Å²) >= 11 is 3.53. The Balaban J connectivity index is 1.55. The molecule has 2 aromatic rings. The minimum absolute atomic E-state index is 0.311. The van der Waals surface area contributed by atoms with E-state index in [1.54, 1.807) is 0 Å². The van der Waals surface area contributed by atoms with Crippen LogP contribution >= 0.6 is 15.9 Å². The molecule has 1 aliphatic heterocycles. The smallest absolute Gasteiger partial charge is 0.240 e. The lowest BCUT2D eigenvalue weighted by molar-refractivity contribution is 0.215. The van der Waals surface area contributed by atoms with Crippen molar-refractivity contribution < 1.29 is 4.52 Å². The molecule has 0 N–H and O–H groups in total. The fourth-order valence-corrected chi connectivity index (χ4v) is 2.98. The van der Waals surface area contributed by atoms with Crippen LogP contribution in [0, 0.1) is 0 Å². The number of benzene rings is 1. The molecule has 0 unspecified atom stereocenters. The van der Waals surface area contributed by atoms with E-state index < -0.39 is 0 Å². The predicted octanol–water partition coefficient (Wildman–Crippen LogP) is 3.28. The standard InChI is InChI=1S/C16H21BrN4O/c1-12(2)16-18-15(22-19-16)11-20-6-8-21(9-7-20)14-5-3-4-13(17)10-14/h3-5,10,12H,6-9,11H2,1-2H3. The number of halogens is 1. The summed E-state index contributed by atoms with van der Waals surface area (Å²) < 4.78 is 6.46. The molecular formula is C16H21BrN4O. The molecule has 6 heteroatoms. The third-order valence-corrected chi connectivity index (χ3v) is 4.40. The Morgan fingerprint density at radius 1 is 1.23 bits per heavy atom. The van der Waals surface area contributed by atoms with E-state index in [-0.39, 0.29) is 0 Å². The maximum atomic E-state index is 5.33. The van der Waals surface area contributed by atoms with Gasteiger partial charge in [0.1, 0.15) is 0 Å². The maximum absolute atomic E-state index is 5.33. The summed E-state index contributed by atoms with van der Waals surface area (Å²) in [6.07, 6.45) is 0. The van der Waals surface area contributed by atoms with Gasteiger partial charge in [0, 0.05) is 42.3 Å². The van der Waals surface area contributed by atoms with Crippen molar-refractivity contribution in [2.45, 2.75) is 26.3 Å². The van der Waals surface area contributed by atoms with Crippen LogP contribution in [0.5, 0.6) is 0 Å². The van der Waals surface area contributed by atoms with Gasteiger partial charge in [-0.3, -0.25) is 4.90 Å². The molecular weight excluding hydrogens is 344 g/mol. The van der Waals surface area contributed by atoms with E-state index in [4.69, 9.17) is 4.52 Å². The van der Waals surface area contributed by atoms with Crippen LogP contribution in [-0.4, -0.2) is 41.2 Å². The fraction of sp³-hybridized carbons (Fsp3) is 0.500. The van der Waals surface area contributed by atoms with Gasteiger partial charge in [0.25, 0.3) is 0 Å². The Morgan fingerprint density at radius 2 is 2.00 bits per heavy atom. The monoisotopic (exact) mass is 364 g/mol. The molecule has 0 saturated carbocycles. The predicted molar refractivity (Wildman–Crippen MR) is 90.0 cm³/mol. The molecule has 0 bridgehead atoms. The summed E-state index contributed by atoms with van der Waals surface area (Å²) in [6.45, 7) is 8.93. The second-order valence-electron chi connectivity index (χ2n) is 5.94. The molecule has 1 fully saturated rings. The number of anilines is 1. The molecule has 1 aliphatic rings. The summed E-state index contributed by atoms with van der Waals surface area (Å²) in [7, 11) is 0. The number of rotatable bonds is 4. The lowest BCUT2D eigenvalue weighted by atomic mass is 10.2. The molecule has 3 rings (SSSR count). The quantitative estimate of drug-likeness (QED) is 0.832. The van der Waals surface area contributed by atoms with Crippen LogP contribution in [0.3, 0.4) is 0 Å². The van der Waals surface area contributed by atoms with Gasteiger partial charge >= 0.3 is 0 Å². The molecule has 0 aliphatic carbocycles. The number of hydrogen-bond acceptors (Lipinski definition) is 5. The van der Waals surface area contributed by atoms with E-state index in [0.29, 0.717) is 5.92 Å². The first-order valence-electron chi connectivity index (χ1n) is 7.67. The maximum Gasteiger partial charge on any atom is 0.240 e. The van der Waals surface area contributed by atoms with Crippen LogP contribution in [0.4, 0.5) is 5.69 Å². The average Bonchev–Trinajstić information content (AvgIpc) is 2.97. The Kier molecular flexibility index (Phi) is 4.78. The molecule has 1 aromatic heterocycles. The van der Waals surface area contributed by atoms with Gasteiger partial charge in [-0.05, 0) is 18.2 Å². The first-order valence-corrected chi connectivity index (χ1v) is 8.46. The molecule has 0 radical (unpaired) electrons. The minimum Gasteiger partial charge on any atom is -0.369 e. The van der Waals surface area contributed by atoms with E-state index in [1.807, 2.05) is 0 Å². The van der Waals surface area contributed by atoms with Crippen molar-refractivity contribution in [1.29, 1.82) is 0 Å². The highest BCUT2D eigenvalue weighted by atomic mass is 79.9. The van der Waals surface area contributed by atoms with E-state index in [0.717, 1.165) is 48.9 Å². The Hall–Kier alpha value is -1.40. The van der Waals surface area contributed by atoms with Crippen molar-refractivity contribution in [3.05, 3.63) is 40.5 Å². The van der Waals surface area contributed by atoms with E-state index in [9.17, 15) is 0 Å². The largest absolute Gasteiger partial charge is 0.369 e. The van der Waals surface area contributed by atoms with Crippen molar-refractivity contribution in [3.8, 4) is 0 Å². The van der Waals surface area contributed by atoms with Crippen molar-refractivity contribution in [2.24, 2.45) is 0 Å². The van der Waals surface area contributed by atoms with E-state index >= 15 is 0 Å². The van der Waals surface area contributed by atoms with Crippen molar-refractivity contribution in [1.82, 2.24) is 15.0 Å². The Labute approximate surface area is 139 Å². The summed E-state index contributed by atoms with van der Waals surface area (Å²) in [5.41, 5.74) is 1.27. The van der Waals surface area contributed by atoms with Gasteiger partial charge < -0.3 is 9.42 Å². The van der Waals surface area contributed by atoms with Crippen molar-refractivity contribution in [2.75, 3.05) is 31.1 Å². The number of hydrogen-bond donors (Lipinski definition) is 0. The summed E-state index contributed by atoms with van der Waals surface area (Å²) in [6, 6.07) is 8.47. The normalized spacial score (nSPS) is 16.5. The molecule has 1 aromatic carbocycles. The zero-order valence-electron chi connectivity index (χ0n) is 13.0. The van der Waals surface area contributed by atoms with Gasteiger partial charge in [0.2, 0.25) is 5.89 Å². The molecule has 0 amide bonds. The van der Waals surface area contributed by atoms with Gasteiger partial charge in [-0.15, -0.1) is 0 Å². The number of aromatic nitrogens is 2. The van der Waals surface area contributed by atoms with Gasteiger partial charge in [-0.25, -0.2) is 0 Å². The molecule has 2 heterocycles. The highest BCUT2D eigenvalue weighted by molar-refractivity contribution is 9.10. The van der Waals surface area contributed by atoms with E-state index in [1.165, 1.54) is 5.69 Å². The second-order valence-corrected chi connectivity index (χ2v) is 6.86. The van der Waals surface area contributed by atoms with Crippen LogP contribution < -0.4 is 4.90 Å². The highest BCUT2D eigenvalue weighted by Crippen LogP contribution is 2.21. The average molecular weight is 365 g/mol.